The first-order valence-corrected chi connectivity index (χ1v) is 8.86. The van der Waals surface area contributed by atoms with Gasteiger partial charge in [0.25, 0.3) is 0 Å². The van der Waals surface area contributed by atoms with Crippen molar-refractivity contribution in [3.8, 4) is 5.75 Å². The fraction of sp³-hybridized carbons (Fsp3) is 0.611. The van der Waals surface area contributed by atoms with Gasteiger partial charge in [0.1, 0.15) is 11.9 Å². The third-order valence-electron chi connectivity index (χ3n) is 4.42. The van der Waals surface area contributed by atoms with Crippen LogP contribution in [-0.4, -0.2) is 49.5 Å². The van der Waals surface area contributed by atoms with Crippen molar-refractivity contribution >= 4 is 11.7 Å². The van der Waals surface area contributed by atoms with E-state index in [0.29, 0.717) is 37.1 Å². The van der Waals surface area contributed by atoms with Crippen LogP contribution in [0.3, 0.4) is 0 Å². The zero-order chi connectivity index (χ0) is 18.6. The first kappa shape index (κ1) is 18.8. The number of amides is 2. The number of carbonyl (C=O) groups excluding carboxylic acids is 1. The van der Waals surface area contributed by atoms with E-state index in [1.807, 2.05) is 0 Å². The predicted octanol–water partition coefficient (Wildman–Crippen LogP) is 4.05. The molecule has 144 valence electrons. The van der Waals surface area contributed by atoms with Crippen molar-refractivity contribution in [3.05, 3.63) is 24.3 Å². The summed E-state index contributed by atoms with van der Waals surface area (Å²) < 4.78 is 48.5. The lowest BCUT2D eigenvalue weighted by Gasteiger charge is -2.23. The lowest BCUT2D eigenvalue weighted by molar-refractivity contribution is -0.136. The van der Waals surface area contributed by atoms with Crippen molar-refractivity contribution in [2.75, 3.05) is 31.6 Å². The minimum atomic E-state index is -4.27. The summed E-state index contributed by atoms with van der Waals surface area (Å²) in [7, 11) is 0. The molecule has 26 heavy (non-hydrogen) atoms. The van der Waals surface area contributed by atoms with Gasteiger partial charge in [-0.2, -0.15) is 13.2 Å². The van der Waals surface area contributed by atoms with Crippen molar-refractivity contribution in [1.29, 1.82) is 0 Å². The van der Waals surface area contributed by atoms with Gasteiger partial charge in [-0.15, -0.1) is 0 Å². The molecule has 1 saturated carbocycles. The zero-order valence-electron chi connectivity index (χ0n) is 14.4. The van der Waals surface area contributed by atoms with Gasteiger partial charge >= 0.3 is 12.2 Å². The van der Waals surface area contributed by atoms with Crippen LogP contribution in [0.2, 0.25) is 0 Å². The van der Waals surface area contributed by atoms with Crippen molar-refractivity contribution in [1.82, 2.24) is 4.90 Å². The summed E-state index contributed by atoms with van der Waals surface area (Å²) in [6.45, 7) is 1.29. The molecule has 5 nitrogen and oxygen atoms in total. The topological polar surface area (TPSA) is 50.8 Å². The molecule has 1 N–H and O–H groups in total. The smallest absolute Gasteiger partial charge is 0.390 e. The SMILES string of the molecule is O=C(Nc1ccc(OC2CCOC2)cc1)N(CCC(F)(F)F)CC1CC1. The maximum Gasteiger partial charge on any atom is 0.390 e. The minimum Gasteiger partial charge on any atom is -0.488 e. The minimum absolute atomic E-state index is 0.0341. The average Bonchev–Trinajstić information content (AvgIpc) is 3.26. The highest BCUT2D eigenvalue weighted by molar-refractivity contribution is 5.89. The number of ether oxygens (including phenoxy) is 2. The van der Waals surface area contributed by atoms with Crippen LogP contribution in [0.5, 0.6) is 5.75 Å². The summed E-state index contributed by atoms with van der Waals surface area (Å²) in [5.41, 5.74) is 0.526. The molecule has 1 heterocycles. The number of hydrogen-bond acceptors (Lipinski definition) is 3. The Morgan fingerprint density at radius 2 is 1.96 bits per heavy atom. The Labute approximate surface area is 150 Å². The number of nitrogens with zero attached hydrogens (tertiary/aromatic N) is 1. The third kappa shape index (κ3) is 6.09. The fourth-order valence-corrected chi connectivity index (χ4v) is 2.77. The molecule has 1 saturated heterocycles. The molecule has 0 bridgehead atoms. The van der Waals surface area contributed by atoms with E-state index in [-0.39, 0.29) is 12.6 Å². The molecule has 0 radical (unpaired) electrons. The number of carbonyl (C=O) groups is 1. The summed E-state index contributed by atoms with van der Waals surface area (Å²) in [5, 5.41) is 2.67. The largest absolute Gasteiger partial charge is 0.488 e. The second kappa shape index (κ2) is 8.16. The fourth-order valence-electron chi connectivity index (χ4n) is 2.77. The Balaban J connectivity index is 1.53. The maximum atomic E-state index is 12.5. The predicted molar refractivity (Wildman–Crippen MR) is 90.3 cm³/mol. The normalized spacial score (nSPS) is 20.0. The van der Waals surface area contributed by atoms with E-state index >= 15 is 0 Å². The second-order valence-corrected chi connectivity index (χ2v) is 6.81. The van der Waals surface area contributed by atoms with E-state index in [0.717, 1.165) is 19.3 Å². The van der Waals surface area contributed by atoms with Gasteiger partial charge in [-0.1, -0.05) is 0 Å². The number of anilines is 1. The molecule has 1 aromatic rings. The van der Waals surface area contributed by atoms with Crippen LogP contribution in [0.1, 0.15) is 25.7 Å². The molecule has 0 aromatic heterocycles. The van der Waals surface area contributed by atoms with Gasteiger partial charge in [-0.25, -0.2) is 4.79 Å². The van der Waals surface area contributed by atoms with E-state index in [1.165, 1.54) is 4.90 Å². The summed E-state index contributed by atoms with van der Waals surface area (Å²) in [5.74, 6) is 0.990. The summed E-state index contributed by atoms with van der Waals surface area (Å²) in [4.78, 5) is 13.6. The Morgan fingerprint density at radius 3 is 2.54 bits per heavy atom. The zero-order valence-corrected chi connectivity index (χ0v) is 14.4. The van der Waals surface area contributed by atoms with Crippen LogP contribution in [0.25, 0.3) is 0 Å². The monoisotopic (exact) mass is 372 g/mol. The van der Waals surface area contributed by atoms with E-state index in [1.54, 1.807) is 24.3 Å². The van der Waals surface area contributed by atoms with Gasteiger partial charge in [0, 0.05) is 25.2 Å². The molecule has 2 fully saturated rings. The van der Waals surface area contributed by atoms with E-state index in [4.69, 9.17) is 9.47 Å². The molecule has 0 spiro atoms. The molecule has 8 heteroatoms. The van der Waals surface area contributed by atoms with E-state index < -0.39 is 18.6 Å². The quantitative estimate of drug-likeness (QED) is 0.786. The molecule has 2 amide bonds. The molecule has 1 atom stereocenters. The first-order chi connectivity index (χ1) is 12.4. The molecule has 1 aliphatic heterocycles. The van der Waals surface area contributed by atoms with Gasteiger partial charge in [0.2, 0.25) is 0 Å². The highest BCUT2D eigenvalue weighted by Crippen LogP contribution is 2.31. The van der Waals surface area contributed by atoms with Gasteiger partial charge < -0.3 is 19.7 Å². The lowest BCUT2D eigenvalue weighted by atomic mass is 10.2. The number of rotatable bonds is 7. The van der Waals surface area contributed by atoms with E-state index in [9.17, 15) is 18.0 Å². The van der Waals surface area contributed by atoms with Gasteiger partial charge in [0.15, 0.2) is 0 Å². The van der Waals surface area contributed by atoms with Gasteiger partial charge in [-0.3, -0.25) is 0 Å². The molecule has 1 aliphatic carbocycles. The number of halogens is 3. The average molecular weight is 372 g/mol. The Kier molecular flexibility index (Phi) is 5.90. The molecule has 1 unspecified atom stereocenters. The molecule has 3 rings (SSSR count). The van der Waals surface area contributed by atoms with Crippen LogP contribution in [-0.2, 0) is 4.74 Å². The Morgan fingerprint density at radius 1 is 1.23 bits per heavy atom. The number of urea groups is 1. The van der Waals surface area contributed by atoms with Gasteiger partial charge in [-0.05, 0) is 43.0 Å². The Hall–Kier alpha value is -1.96. The van der Waals surface area contributed by atoms with Crippen LogP contribution < -0.4 is 10.1 Å². The number of nitrogens with one attached hydrogen (secondary N) is 1. The third-order valence-corrected chi connectivity index (χ3v) is 4.42. The maximum absolute atomic E-state index is 12.5. The van der Waals surface area contributed by atoms with Crippen LogP contribution in [0, 0.1) is 5.92 Å². The lowest BCUT2D eigenvalue weighted by Crippen LogP contribution is -2.38. The van der Waals surface area contributed by atoms with Crippen LogP contribution >= 0.6 is 0 Å². The second-order valence-electron chi connectivity index (χ2n) is 6.81. The molecular weight excluding hydrogens is 349 g/mol. The molecule has 1 aromatic carbocycles. The number of alkyl halides is 3. The van der Waals surface area contributed by atoms with Crippen LogP contribution in [0.15, 0.2) is 24.3 Å². The highest BCUT2D eigenvalue weighted by Gasteiger charge is 2.32. The van der Waals surface area contributed by atoms with Crippen molar-refractivity contribution < 1.29 is 27.4 Å². The molecular formula is C18H23F3N2O3. The first-order valence-electron chi connectivity index (χ1n) is 8.86. The Bertz CT molecular complexity index is 597. The number of benzene rings is 1. The standard InChI is InChI=1S/C18H23F3N2O3/c19-18(20,21)8-9-23(11-13-1-2-13)17(24)22-14-3-5-15(6-4-14)26-16-7-10-25-12-16/h3-6,13,16H,1-2,7-12H2,(H,22,24). The highest BCUT2D eigenvalue weighted by atomic mass is 19.4. The van der Waals surface area contributed by atoms with Crippen molar-refractivity contribution in [3.63, 3.8) is 0 Å². The summed E-state index contributed by atoms with van der Waals surface area (Å²) in [6, 6.07) is 6.33. The summed E-state index contributed by atoms with van der Waals surface area (Å²) in [6.07, 6.45) is -2.46. The molecule has 2 aliphatic rings. The van der Waals surface area contributed by atoms with Crippen LogP contribution in [0.4, 0.5) is 23.7 Å². The van der Waals surface area contributed by atoms with Crippen molar-refractivity contribution in [2.45, 2.75) is 38.0 Å². The van der Waals surface area contributed by atoms with E-state index in [2.05, 4.69) is 5.32 Å². The van der Waals surface area contributed by atoms with Gasteiger partial charge in [0.05, 0.1) is 19.6 Å². The van der Waals surface area contributed by atoms with Crippen molar-refractivity contribution in [2.24, 2.45) is 5.92 Å². The summed E-state index contributed by atoms with van der Waals surface area (Å²) >= 11 is 0. The number of hydrogen-bond donors (Lipinski definition) is 1.